The summed E-state index contributed by atoms with van der Waals surface area (Å²) in [4.78, 5) is 56.8. The van der Waals surface area contributed by atoms with Crippen LogP contribution in [0.15, 0.2) is 47.6 Å². The number of amides is 1. The maximum atomic E-state index is 14.1. The fraction of sp³-hybridized carbons (Fsp3) is 0.774. The Morgan fingerprint density at radius 2 is 1.52 bits per heavy atom. The Morgan fingerprint density at radius 1 is 0.857 bits per heavy atom. The van der Waals surface area contributed by atoms with Gasteiger partial charge in [-0.3, -0.25) is 14.4 Å². The molecule has 11 atom stereocenters. The van der Waals surface area contributed by atoms with Crippen LogP contribution in [0.25, 0.3) is 0 Å². The number of aliphatic hydroxyl groups is 3. The van der Waals surface area contributed by atoms with Gasteiger partial charge in [0.05, 0.1) is 35.9 Å². The van der Waals surface area contributed by atoms with E-state index < -0.39 is 35.7 Å². The van der Waals surface area contributed by atoms with Gasteiger partial charge in [0, 0.05) is 31.2 Å². The summed E-state index contributed by atoms with van der Waals surface area (Å²) in [6, 6.07) is -0.804. The first-order valence-electron chi connectivity index (χ1n) is 24.4. The van der Waals surface area contributed by atoms with E-state index in [0.29, 0.717) is 43.7 Å². The molecule has 1 unspecified atom stereocenters. The van der Waals surface area contributed by atoms with Gasteiger partial charge in [-0.1, -0.05) is 84.4 Å². The number of hydrogen-bond donors (Lipinski definition) is 3. The number of rotatable bonds is 4. The van der Waals surface area contributed by atoms with Crippen LogP contribution in [0.1, 0.15) is 173 Å². The molecule has 0 radical (unpaired) electrons. The largest absolute Gasteiger partial charge is 0.460 e. The van der Waals surface area contributed by atoms with Gasteiger partial charge in [0.1, 0.15) is 23.7 Å². The van der Waals surface area contributed by atoms with Gasteiger partial charge < -0.3 is 29.7 Å². The second kappa shape index (κ2) is 25.1. The number of fused-ring (bicyclic) bond motifs is 1. The molecule has 0 bridgehead atoms. The normalized spacial score (nSPS) is 38.5. The number of cyclic esters (lactones) is 1. The van der Waals surface area contributed by atoms with Crippen LogP contribution in [0.2, 0.25) is 0 Å². The lowest BCUT2D eigenvalue weighted by Crippen LogP contribution is -2.47. The molecule has 3 N–H and O–H groups in total. The number of Topliss-reactive ketones (excluding diaryl/α,β-unsaturated/α-hetero) is 2. The second-order valence-corrected chi connectivity index (χ2v) is 21.5. The maximum absolute atomic E-state index is 14.1. The van der Waals surface area contributed by atoms with E-state index in [2.05, 4.69) is 53.7 Å². The van der Waals surface area contributed by atoms with E-state index in [1.165, 1.54) is 0 Å². The molecule has 0 aromatic carbocycles. The molecule has 2 aliphatic heterocycles. The number of ketones is 2. The zero-order valence-electron chi connectivity index (χ0n) is 41.2. The van der Waals surface area contributed by atoms with Gasteiger partial charge in [-0.2, -0.15) is 0 Å². The van der Waals surface area contributed by atoms with E-state index in [0.717, 1.165) is 50.5 Å². The molecule has 63 heavy (non-hydrogen) atoms. The molecule has 3 rings (SSSR count). The Morgan fingerprint density at radius 3 is 2.17 bits per heavy atom. The summed E-state index contributed by atoms with van der Waals surface area (Å²) in [5, 5.41) is 33.0. The Bertz CT molecular complexity index is 1610. The maximum Gasteiger partial charge on any atom is 0.329 e. The van der Waals surface area contributed by atoms with E-state index in [9.17, 15) is 34.5 Å². The van der Waals surface area contributed by atoms with E-state index in [-0.39, 0.29) is 84.1 Å². The minimum Gasteiger partial charge on any atom is -0.460 e. The molecule has 3 aliphatic rings. The van der Waals surface area contributed by atoms with Crippen molar-refractivity contribution in [2.45, 2.75) is 215 Å². The van der Waals surface area contributed by atoms with Crippen LogP contribution in [-0.2, 0) is 28.7 Å². The van der Waals surface area contributed by atoms with Crippen molar-refractivity contribution in [3.63, 3.8) is 0 Å². The summed E-state index contributed by atoms with van der Waals surface area (Å²) in [5.41, 5.74) is 0.0180. The molecule has 358 valence electrons. The predicted octanol–water partition coefficient (Wildman–Crippen LogP) is 9.83. The van der Waals surface area contributed by atoms with Crippen molar-refractivity contribution in [3.05, 3.63) is 47.6 Å². The molecule has 1 amide bonds. The second-order valence-electron chi connectivity index (χ2n) is 21.5. The van der Waals surface area contributed by atoms with Crippen molar-refractivity contribution in [2.75, 3.05) is 6.54 Å². The Kier molecular flexibility index (Phi) is 21.7. The number of aliphatic hydroxyl groups excluding tert-OH is 2. The van der Waals surface area contributed by atoms with E-state index in [1.54, 1.807) is 31.7 Å². The molecule has 0 aromatic rings. The molecule has 10 heteroatoms. The minimum absolute atomic E-state index is 0.0239. The molecule has 0 spiro atoms. The third-order valence-corrected chi connectivity index (χ3v) is 14.2. The summed E-state index contributed by atoms with van der Waals surface area (Å²) < 4.78 is 12.8. The first-order chi connectivity index (χ1) is 29.4. The number of ether oxygens (including phenoxy) is 2. The van der Waals surface area contributed by atoms with Crippen LogP contribution < -0.4 is 0 Å². The van der Waals surface area contributed by atoms with Gasteiger partial charge in [0.2, 0.25) is 5.91 Å². The average molecular weight is 882 g/mol. The average Bonchev–Trinajstić information content (AvgIpc) is 3.69. The molecular formula is C53H87NO9. The van der Waals surface area contributed by atoms with Crippen molar-refractivity contribution in [2.24, 2.45) is 41.4 Å². The standard InChI is InChI=1S/C53H87NO9/c1-34-17-14-13-15-18-36(3)49(63-52(9,10)11)28-35(2)20-21-41(8)53(12,61)33-50(59)54-26-16-19-44(54)51(60)62-48(40(7)30-42-22-24-43(55)25-23-42)32-47(58)39(6)29-38(5)46(57)31-45(56)37(4)27-34/h13-15,17-18,29,34-35,37,39-44,46,48-49,55,57,61H,16,19-28,30-33H2,1-12H3/b15-13+,17-14+,36-18+,38-29+/t34-,35+,37-,39-,40-,41-,42-,43-,44?,46+,48+,49+,53-/m1/s1. The fourth-order valence-corrected chi connectivity index (χ4v) is 9.56. The molecule has 0 aromatic heterocycles. The lowest BCUT2D eigenvalue weighted by Gasteiger charge is -2.35. The highest BCUT2D eigenvalue weighted by Gasteiger charge is 2.41. The van der Waals surface area contributed by atoms with Crippen molar-refractivity contribution >= 4 is 23.4 Å². The molecule has 1 aliphatic carbocycles. The summed E-state index contributed by atoms with van der Waals surface area (Å²) >= 11 is 0. The van der Waals surface area contributed by atoms with Gasteiger partial charge >= 0.3 is 5.97 Å². The van der Waals surface area contributed by atoms with Gasteiger partial charge in [-0.25, -0.2) is 4.79 Å². The molecule has 2 heterocycles. The highest BCUT2D eigenvalue weighted by Crippen LogP contribution is 2.35. The number of carbonyl (C=O) groups is 4. The molecule has 1 saturated carbocycles. The summed E-state index contributed by atoms with van der Waals surface area (Å²) in [5.74, 6) is -1.43. The quantitative estimate of drug-likeness (QED) is 0.185. The number of esters is 1. The topological polar surface area (TPSA) is 151 Å². The first-order valence-corrected chi connectivity index (χ1v) is 24.4. The van der Waals surface area contributed by atoms with Crippen LogP contribution >= 0.6 is 0 Å². The van der Waals surface area contributed by atoms with Crippen LogP contribution in [0.5, 0.6) is 0 Å². The number of nitrogens with zero attached hydrogens (tertiary/aromatic N) is 1. The molecule has 1 saturated heterocycles. The minimum atomic E-state index is -1.29. The van der Waals surface area contributed by atoms with Crippen LogP contribution in [0.4, 0.5) is 0 Å². The van der Waals surface area contributed by atoms with Crippen LogP contribution in [-0.4, -0.2) is 91.9 Å². The number of hydrogen-bond acceptors (Lipinski definition) is 9. The lowest BCUT2D eigenvalue weighted by molar-refractivity contribution is -0.163. The van der Waals surface area contributed by atoms with Crippen molar-refractivity contribution < 1.29 is 44.0 Å². The van der Waals surface area contributed by atoms with Gasteiger partial charge in [-0.05, 0) is 146 Å². The first kappa shape index (κ1) is 54.4. The van der Waals surface area contributed by atoms with Crippen LogP contribution in [0.3, 0.4) is 0 Å². The zero-order valence-corrected chi connectivity index (χ0v) is 41.2. The molecule has 2 fully saturated rings. The predicted molar refractivity (Wildman–Crippen MR) is 252 cm³/mol. The summed E-state index contributed by atoms with van der Waals surface area (Å²) in [7, 11) is 0. The third kappa shape index (κ3) is 18.5. The monoisotopic (exact) mass is 882 g/mol. The Hall–Kier alpha value is -2.92. The summed E-state index contributed by atoms with van der Waals surface area (Å²) in [6.07, 6.45) is 17.6. The fourth-order valence-electron chi connectivity index (χ4n) is 9.56. The van der Waals surface area contributed by atoms with Crippen molar-refractivity contribution in [1.82, 2.24) is 4.90 Å². The van der Waals surface area contributed by atoms with Crippen molar-refractivity contribution in [1.29, 1.82) is 0 Å². The summed E-state index contributed by atoms with van der Waals surface area (Å²) in [6.45, 7) is 24.1. The highest BCUT2D eigenvalue weighted by atomic mass is 16.5. The van der Waals surface area contributed by atoms with Crippen molar-refractivity contribution in [3.8, 4) is 0 Å². The Labute approximate surface area is 381 Å². The highest BCUT2D eigenvalue weighted by molar-refractivity contribution is 5.87. The Balaban J connectivity index is 1.91. The lowest BCUT2D eigenvalue weighted by atomic mass is 9.79. The van der Waals surface area contributed by atoms with Gasteiger partial charge in [0.25, 0.3) is 0 Å². The number of carbonyl (C=O) groups excluding carboxylic acids is 4. The SMILES string of the molecule is C\C1=C/C=C/C=C/[C@@H](C)C[C@@H](C)C(=O)C[C@H](O)/C(C)=C/[C@@H](C)C(=O)C[C@@H]([C@H](C)C[C@H]2CC[C@H](O)CC2)OC(=O)C2CCCN2C(=O)C[C@@](C)(O)[C@H](C)CC[C@H](C)C[C@@H]1OC(C)(C)C. The number of allylic oxidation sites excluding steroid dienone is 6. The molecule has 10 nitrogen and oxygen atoms in total. The van der Waals surface area contributed by atoms with Gasteiger partial charge in [-0.15, -0.1) is 0 Å². The van der Waals surface area contributed by atoms with Crippen LogP contribution in [0, 0.1) is 41.4 Å². The zero-order chi connectivity index (χ0) is 47.2. The van der Waals surface area contributed by atoms with E-state index >= 15 is 0 Å². The van der Waals surface area contributed by atoms with E-state index in [1.807, 2.05) is 39.0 Å². The molecular weight excluding hydrogens is 795 g/mol. The third-order valence-electron chi connectivity index (χ3n) is 14.2. The van der Waals surface area contributed by atoms with Gasteiger partial charge in [0.15, 0.2) is 0 Å². The smallest absolute Gasteiger partial charge is 0.329 e. The van der Waals surface area contributed by atoms with E-state index in [4.69, 9.17) is 9.47 Å².